The zero-order valence-corrected chi connectivity index (χ0v) is 15.9. The van der Waals surface area contributed by atoms with Gasteiger partial charge in [0.2, 0.25) is 0 Å². The highest BCUT2D eigenvalue weighted by Gasteiger charge is 2.10. The third-order valence-corrected chi connectivity index (χ3v) is 4.33. The number of hydrogen-bond acceptors (Lipinski definition) is 2. The van der Waals surface area contributed by atoms with E-state index in [-0.39, 0.29) is 0 Å². The summed E-state index contributed by atoms with van der Waals surface area (Å²) in [5, 5.41) is 3.50. The van der Waals surface area contributed by atoms with E-state index in [0.717, 1.165) is 47.2 Å². The molecule has 0 amide bonds. The van der Waals surface area contributed by atoms with Gasteiger partial charge in [-0.15, -0.1) is 0 Å². The number of hydrogen-bond donors (Lipinski definition) is 1. The fourth-order valence-corrected chi connectivity index (χ4v) is 3.64. The second-order valence-corrected chi connectivity index (χ2v) is 6.91. The molecular weight excluding hydrogens is 406 g/mol. The monoisotopic (exact) mass is 425 g/mol. The van der Waals surface area contributed by atoms with Crippen molar-refractivity contribution in [3.63, 3.8) is 0 Å². The Hall–Kier alpha value is -0.840. The average Bonchev–Trinajstić information content (AvgIpc) is 2.51. The van der Waals surface area contributed by atoms with Gasteiger partial charge in [-0.25, -0.2) is 0 Å². The predicted molar refractivity (Wildman–Crippen MR) is 99.5 cm³/mol. The molecule has 0 atom stereocenters. The lowest BCUT2D eigenvalue weighted by atomic mass is 10.1. The fourth-order valence-electron chi connectivity index (χ4n) is 2.21. The Bertz CT molecular complexity index is 587. The largest absolute Gasteiger partial charge is 0.492 e. The molecular formula is C18H21Br2NO. The van der Waals surface area contributed by atoms with E-state index in [2.05, 4.69) is 74.4 Å². The fraction of sp³-hybridized carbons (Fsp3) is 0.333. The molecule has 2 rings (SSSR count). The normalized spacial score (nSPS) is 10.7. The molecule has 118 valence electrons. The molecule has 0 bridgehead atoms. The van der Waals surface area contributed by atoms with Crippen molar-refractivity contribution >= 4 is 31.9 Å². The summed E-state index contributed by atoms with van der Waals surface area (Å²) in [4.78, 5) is 0. The van der Waals surface area contributed by atoms with E-state index < -0.39 is 0 Å². The Morgan fingerprint density at radius 1 is 1.09 bits per heavy atom. The summed E-state index contributed by atoms with van der Waals surface area (Å²) in [6.07, 6.45) is 2.03. The molecule has 2 aromatic carbocycles. The molecule has 0 saturated heterocycles. The molecule has 4 heteroatoms. The third kappa shape index (κ3) is 5.41. The van der Waals surface area contributed by atoms with Gasteiger partial charge in [0.1, 0.15) is 5.75 Å². The Morgan fingerprint density at radius 2 is 1.86 bits per heavy atom. The van der Waals surface area contributed by atoms with Crippen LogP contribution in [0.2, 0.25) is 0 Å². The molecule has 0 spiro atoms. The van der Waals surface area contributed by atoms with Crippen LogP contribution in [0, 0.1) is 0 Å². The van der Waals surface area contributed by atoms with E-state index in [1.165, 1.54) is 11.1 Å². The van der Waals surface area contributed by atoms with E-state index in [1.807, 2.05) is 12.1 Å². The maximum Gasteiger partial charge on any atom is 0.138 e. The minimum atomic E-state index is 0.733. The molecule has 0 heterocycles. The second kappa shape index (κ2) is 9.33. The summed E-state index contributed by atoms with van der Waals surface area (Å²) in [7, 11) is 0. The summed E-state index contributed by atoms with van der Waals surface area (Å²) in [5.74, 6) is 0.942. The third-order valence-electron chi connectivity index (χ3n) is 3.28. The van der Waals surface area contributed by atoms with Crippen LogP contribution >= 0.6 is 31.9 Å². The van der Waals surface area contributed by atoms with Crippen LogP contribution in [-0.2, 0) is 13.0 Å². The van der Waals surface area contributed by atoms with Crippen LogP contribution in [0.25, 0.3) is 0 Å². The lowest BCUT2D eigenvalue weighted by Gasteiger charge is -2.14. The number of rotatable bonds is 8. The molecule has 0 radical (unpaired) electrons. The van der Waals surface area contributed by atoms with Crippen LogP contribution in [0.15, 0.2) is 51.4 Å². The van der Waals surface area contributed by atoms with Crippen LogP contribution in [0.3, 0.4) is 0 Å². The van der Waals surface area contributed by atoms with Crippen molar-refractivity contribution in [2.75, 3.05) is 13.2 Å². The van der Waals surface area contributed by atoms with Crippen LogP contribution < -0.4 is 10.1 Å². The van der Waals surface area contributed by atoms with Crippen molar-refractivity contribution < 1.29 is 4.74 Å². The van der Waals surface area contributed by atoms with Gasteiger partial charge in [0.25, 0.3) is 0 Å². The van der Waals surface area contributed by atoms with Crippen LogP contribution in [0.1, 0.15) is 24.5 Å². The highest BCUT2D eigenvalue weighted by molar-refractivity contribution is 9.11. The van der Waals surface area contributed by atoms with Gasteiger partial charge >= 0.3 is 0 Å². The molecule has 0 aromatic heterocycles. The number of benzene rings is 2. The van der Waals surface area contributed by atoms with Gasteiger partial charge in [0, 0.05) is 16.6 Å². The first-order valence-electron chi connectivity index (χ1n) is 7.56. The number of halogens is 2. The van der Waals surface area contributed by atoms with Crippen molar-refractivity contribution in [1.82, 2.24) is 5.32 Å². The molecule has 1 N–H and O–H groups in total. The molecule has 0 aliphatic carbocycles. The minimum Gasteiger partial charge on any atom is -0.492 e. The number of nitrogens with one attached hydrogen (secondary N) is 1. The summed E-state index contributed by atoms with van der Waals surface area (Å²) in [5.41, 5.74) is 2.52. The van der Waals surface area contributed by atoms with Gasteiger partial charge in [-0.2, -0.15) is 0 Å². The van der Waals surface area contributed by atoms with E-state index in [4.69, 9.17) is 4.74 Å². The van der Waals surface area contributed by atoms with E-state index >= 15 is 0 Å². The quantitative estimate of drug-likeness (QED) is 0.575. The van der Waals surface area contributed by atoms with Crippen molar-refractivity contribution in [3.8, 4) is 5.75 Å². The van der Waals surface area contributed by atoms with Crippen LogP contribution in [0.4, 0.5) is 0 Å². The lowest BCUT2D eigenvalue weighted by molar-refractivity contribution is 0.311. The molecule has 0 aliphatic rings. The van der Waals surface area contributed by atoms with Gasteiger partial charge in [-0.1, -0.05) is 53.2 Å². The maximum atomic E-state index is 5.88. The SMILES string of the molecule is CCCOc1c(Br)cc(Br)cc1CNCCc1ccccc1. The van der Waals surface area contributed by atoms with E-state index in [9.17, 15) is 0 Å². The smallest absolute Gasteiger partial charge is 0.138 e. The van der Waals surface area contributed by atoms with E-state index in [0.29, 0.717) is 0 Å². The molecule has 2 nitrogen and oxygen atoms in total. The van der Waals surface area contributed by atoms with Crippen LogP contribution in [-0.4, -0.2) is 13.2 Å². The number of ether oxygens (including phenoxy) is 1. The Balaban J connectivity index is 1.93. The summed E-state index contributed by atoms with van der Waals surface area (Å²) >= 11 is 7.14. The average molecular weight is 427 g/mol. The zero-order valence-electron chi connectivity index (χ0n) is 12.7. The van der Waals surface area contributed by atoms with E-state index in [1.54, 1.807) is 0 Å². The van der Waals surface area contributed by atoms with Crippen molar-refractivity contribution in [1.29, 1.82) is 0 Å². The highest BCUT2D eigenvalue weighted by Crippen LogP contribution is 2.33. The first-order valence-corrected chi connectivity index (χ1v) is 9.14. The van der Waals surface area contributed by atoms with Crippen LogP contribution in [0.5, 0.6) is 5.75 Å². The lowest BCUT2D eigenvalue weighted by Crippen LogP contribution is -2.17. The first-order chi connectivity index (χ1) is 10.7. The predicted octanol–water partition coefficient (Wildman–Crippen LogP) is 5.33. The van der Waals surface area contributed by atoms with Gasteiger partial charge < -0.3 is 10.1 Å². The zero-order chi connectivity index (χ0) is 15.8. The summed E-state index contributed by atoms with van der Waals surface area (Å²) in [6, 6.07) is 14.7. The summed E-state index contributed by atoms with van der Waals surface area (Å²) < 4.78 is 7.93. The first kappa shape index (κ1) is 17.5. The van der Waals surface area contributed by atoms with Gasteiger partial charge in [-0.3, -0.25) is 0 Å². The Kier molecular flexibility index (Phi) is 7.43. The molecule has 0 aliphatic heterocycles. The second-order valence-electron chi connectivity index (χ2n) is 5.14. The van der Waals surface area contributed by atoms with Crippen molar-refractivity contribution in [3.05, 3.63) is 62.5 Å². The molecule has 0 unspecified atom stereocenters. The van der Waals surface area contributed by atoms with Gasteiger partial charge in [0.15, 0.2) is 0 Å². The van der Waals surface area contributed by atoms with Crippen molar-refractivity contribution in [2.45, 2.75) is 26.3 Å². The van der Waals surface area contributed by atoms with Gasteiger partial charge in [0.05, 0.1) is 11.1 Å². The molecule has 2 aromatic rings. The molecule has 0 saturated carbocycles. The topological polar surface area (TPSA) is 21.3 Å². The molecule has 22 heavy (non-hydrogen) atoms. The highest BCUT2D eigenvalue weighted by atomic mass is 79.9. The standard InChI is InChI=1S/C18H21Br2NO/c1-2-10-22-18-15(11-16(19)12-17(18)20)13-21-9-8-14-6-4-3-5-7-14/h3-7,11-12,21H,2,8-10,13H2,1H3. The Labute approximate surface area is 149 Å². The van der Waals surface area contributed by atoms with Crippen molar-refractivity contribution in [2.24, 2.45) is 0 Å². The maximum absolute atomic E-state index is 5.88. The Morgan fingerprint density at radius 3 is 2.59 bits per heavy atom. The molecule has 0 fully saturated rings. The van der Waals surface area contributed by atoms with Gasteiger partial charge in [-0.05, 0) is 53.0 Å². The summed E-state index contributed by atoms with van der Waals surface area (Å²) in [6.45, 7) is 4.59. The minimum absolute atomic E-state index is 0.733.